The third kappa shape index (κ3) is 1.62. The number of nitrogens with one attached hydrogen (secondary N) is 1. The molecule has 1 nitrogen and oxygen atoms in total. The third-order valence-corrected chi connectivity index (χ3v) is 3.93. The fourth-order valence-electron chi connectivity index (χ4n) is 1.11. The minimum Gasteiger partial charge on any atom is -0.356 e. The van der Waals surface area contributed by atoms with E-state index in [-0.39, 0.29) is 0 Å². The van der Waals surface area contributed by atoms with E-state index in [1.54, 1.807) is 4.14 Å². The fourth-order valence-corrected chi connectivity index (χ4v) is 3.07. The van der Waals surface area contributed by atoms with Crippen molar-refractivity contribution in [3.8, 4) is 0 Å². The van der Waals surface area contributed by atoms with E-state index < -0.39 is 38.3 Å². The van der Waals surface area contributed by atoms with E-state index in [4.69, 9.17) is 0 Å². The lowest BCUT2D eigenvalue weighted by Gasteiger charge is -2.09. The lowest BCUT2D eigenvalue weighted by atomic mass is 10.2. The van der Waals surface area contributed by atoms with Crippen LogP contribution in [0.4, 0.5) is 23.2 Å². The van der Waals surface area contributed by atoms with Crippen molar-refractivity contribution in [2.24, 2.45) is 0 Å². The zero-order valence-electron chi connectivity index (χ0n) is 6.62. The van der Waals surface area contributed by atoms with Crippen molar-refractivity contribution in [1.29, 1.82) is 0 Å². The molecule has 1 aliphatic rings. The van der Waals surface area contributed by atoms with E-state index in [9.17, 15) is 17.6 Å². The normalized spacial score (nSPS) is 14.6. The van der Waals surface area contributed by atoms with Crippen LogP contribution < -0.4 is 5.32 Å². The summed E-state index contributed by atoms with van der Waals surface area (Å²) in [6, 6.07) is 1.80. The topological polar surface area (TPSA) is 12.0 Å². The molecule has 76 valence electrons. The number of rotatable bonds is 0. The second kappa shape index (κ2) is 3.18. The van der Waals surface area contributed by atoms with Gasteiger partial charge in [-0.15, -0.1) is 0 Å². The van der Waals surface area contributed by atoms with Crippen molar-refractivity contribution < 1.29 is 17.6 Å². The number of anilines is 1. The van der Waals surface area contributed by atoms with E-state index in [0.717, 1.165) is 12.1 Å². The maximum absolute atomic E-state index is 13.0. The first-order valence-corrected chi connectivity index (χ1v) is 5.93. The van der Waals surface area contributed by atoms with Gasteiger partial charge in [-0.2, -0.15) is 13.2 Å². The van der Waals surface area contributed by atoms with Gasteiger partial charge in [0.2, 0.25) is 0 Å². The van der Waals surface area contributed by atoms with Gasteiger partial charge in [0, 0.05) is 7.71 Å². The summed E-state index contributed by atoms with van der Waals surface area (Å²) in [5.41, 5.74) is -0.712. The predicted octanol–water partition coefficient (Wildman–Crippen LogP) is 3.17. The Labute approximate surface area is 86.9 Å². The summed E-state index contributed by atoms with van der Waals surface area (Å²) in [6.07, 6.45) is -4.61. The van der Waals surface area contributed by atoms with Crippen molar-refractivity contribution >= 4 is 30.6 Å². The highest BCUT2D eigenvalue weighted by atomic mass is 127. The highest BCUT2D eigenvalue weighted by molar-refractivity contribution is 14.2. The summed E-state index contributed by atoms with van der Waals surface area (Å²) in [7, 11) is 0. The van der Waals surface area contributed by atoms with Crippen LogP contribution in [0.1, 0.15) is 5.56 Å². The summed E-state index contributed by atoms with van der Waals surface area (Å²) >= 11 is -0.558. The molecule has 0 aromatic heterocycles. The van der Waals surface area contributed by atoms with Gasteiger partial charge >= 0.3 is 6.18 Å². The molecule has 0 saturated carbocycles. The molecule has 0 amide bonds. The summed E-state index contributed by atoms with van der Waals surface area (Å²) in [6.45, 7) is 0. The van der Waals surface area contributed by atoms with Gasteiger partial charge in [0.05, 0.1) is 11.3 Å². The van der Waals surface area contributed by atoms with Crippen molar-refractivity contribution in [2.75, 3.05) is 5.32 Å². The van der Waals surface area contributed by atoms with Gasteiger partial charge in [-0.25, -0.2) is 4.39 Å². The summed E-state index contributed by atoms with van der Waals surface area (Å²) in [5, 5.41) is 2.74. The molecule has 0 aliphatic carbocycles. The van der Waals surface area contributed by atoms with Crippen molar-refractivity contribution in [3.05, 3.63) is 27.1 Å². The maximum Gasteiger partial charge on any atom is 0.419 e. The lowest BCUT2D eigenvalue weighted by molar-refractivity contribution is -0.140. The smallest absolute Gasteiger partial charge is 0.356 e. The van der Waals surface area contributed by atoms with Gasteiger partial charge in [-0.05, 0) is 12.1 Å². The first-order valence-electron chi connectivity index (χ1n) is 3.61. The number of benzene rings is 1. The monoisotopic (exact) mass is 317 g/mol. The van der Waals surface area contributed by atoms with Crippen LogP contribution in [0.2, 0.25) is 0 Å². The van der Waals surface area contributed by atoms with Gasteiger partial charge in [0.15, 0.2) is 0 Å². The molecule has 1 aliphatic heterocycles. The fraction of sp³-hybridized carbons (Fsp3) is 0.125. The molecule has 1 N–H and O–H groups in total. The minimum absolute atomic E-state index is 0.461. The van der Waals surface area contributed by atoms with Gasteiger partial charge in [0.1, 0.15) is 5.82 Å². The zero-order valence-corrected chi connectivity index (χ0v) is 8.78. The van der Waals surface area contributed by atoms with Crippen LogP contribution in [0.25, 0.3) is 0 Å². The van der Waals surface area contributed by atoms with Crippen LogP contribution in [0.15, 0.2) is 12.1 Å². The maximum atomic E-state index is 13.0. The van der Waals surface area contributed by atoms with E-state index in [0.29, 0.717) is 9.26 Å². The number of fused-ring (bicyclic) bond motifs is 1. The molecule has 1 heterocycles. The molecule has 0 bridgehead atoms. The molecule has 1 aromatic carbocycles. The Morgan fingerprint density at radius 1 is 1.21 bits per heavy atom. The average molecular weight is 317 g/mol. The molecule has 0 spiro atoms. The number of hydrogen-bond acceptors (Lipinski definition) is 1. The van der Waals surface area contributed by atoms with E-state index in [1.165, 1.54) is 0 Å². The van der Waals surface area contributed by atoms with Crippen LogP contribution in [-0.2, 0) is 6.18 Å². The van der Waals surface area contributed by atoms with E-state index in [1.807, 2.05) is 0 Å². The van der Waals surface area contributed by atoms with E-state index >= 15 is 0 Å². The van der Waals surface area contributed by atoms with Gasteiger partial charge in [-0.3, -0.25) is 0 Å². The predicted molar refractivity (Wildman–Crippen MR) is 53.8 cm³/mol. The highest BCUT2D eigenvalue weighted by Crippen LogP contribution is 2.37. The molecular formula is C8H4F4IN. The Balaban J connectivity index is 2.57. The quantitative estimate of drug-likeness (QED) is 0.572. The SMILES string of the molecule is Fc1cc2c(cc1C(F)(F)F)I=CN2. The van der Waals surface area contributed by atoms with Crippen LogP contribution in [0.5, 0.6) is 0 Å². The first kappa shape index (κ1) is 9.88. The summed E-state index contributed by atoms with van der Waals surface area (Å²) in [4.78, 5) is 0. The average Bonchev–Trinajstić information content (AvgIpc) is 2.47. The van der Waals surface area contributed by atoms with E-state index in [2.05, 4.69) is 5.32 Å². The Morgan fingerprint density at radius 2 is 1.93 bits per heavy atom. The number of halogens is 5. The highest BCUT2D eigenvalue weighted by Gasteiger charge is 2.35. The van der Waals surface area contributed by atoms with Crippen molar-refractivity contribution in [1.82, 2.24) is 0 Å². The largest absolute Gasteiger partial charge is 0.419 e. The Hall–Kier alpha value is -0.660. The molecular weight excluding hydrogens is 313 g/mol. The molecule has 0 saturated heterocycles. The minimum atomic E-state index is -4.61. The molecule has 0 fully saturated rings. The molecule has 2 rings (SSSR count). The Kier molecular flexibility index (Phi) is 2.24. The van der Waals surface area contributed by atoms with Crippen LogP contribution in [-0.4, -0.2) is 4.14 Å². The summed E-state index contributed by atoms with van der Waals surface area (Å²) in [5.74, 6) is -1.22. The Bertz CT molecular complexity index is 411. The molecule has 6 heteroatoms. The number of hydrogen-bond donors (Lipinski definition) is 1. The van der Waals surface area contributed by atoms with Gasteiger partial charge < -0.3 is 5.32 Å². The third-order valence-electron chi connectivity index (χ3n) is 1.74. The lowest BCUT2D eigenvalue weighted by Crippen LogP contribution is -2.08. The van der Waals surface area contributed by atoms with Crippen LogP contribution in [0, 0.1) is 9.39 Å². The molecule has 0 radical (unpaired) electrons. The van der Waals surface area contributed by atoms with Crippen molar-refractivity contribution in [2.45, 2.75) is 6.18 Å². The van der Waals surface area contributed by atoms with Crippen LogP contribution in [0.3, 0.4) is 0 Å². The van der Waals surface area contributed by atoms with Crippen LogP contribution >= 0.6 is 20.7 Å². The summed E-state index contributed by atoms with van der Waals surface area (Å²) < 4.78 is 52.0. The second-order valence-electron chi connectivity index (χ2n) is 2.67. The molecule has 1 aromatic rings. The standard InChI is InChI=1S/C8H4F4IN/c9-5-2-7-6(13-3-14-7)1-4(5)8(10,11)12/h1-3,14H. The number of alkyl halides is 3. The van der Waals surface area contributed by atoms with Gasteiger partial charge in [0.25, 0.3) is 0 Å². The van der Waals surface area contributed by atoms with Crippen molar-refractivity contribution in [3.63, 3.8) is 0 Å². The molecule has 14 heavy (non-hydrogen) atoms. The van der Waals surface area contributed by atoms with Gasteiger partial charge in [-0.1, -0.05) is 20.7 Å². The molecule has 0 atom stereocenters. The Morgan fingerprint density at radius 3 is 2.57 bits per heavy atom. The second-order valence-corrected chi connectivity index (χ2v) is 5.08. The zero-order chi connectivity index (χ0) is 10.3. The molecule has 0 unspecified atom stereocenters. The first-order chi connectivity index (χ1) is 6.48.